The number of ether oxygens (including phenoxy) is 2. The Morgan fingerprint density at radius 2 is 2.00 bits per heavy atom. The van der Waals surface area contributed by atoms with E-state index in [-0.39, 0.29) is 17.4 Å². The number of esters is 2. The lowest BCUT2D eigenvalue weighted by Gasteiger charge is -2.15. The summed E-state index contributed by atoms with van der Waals surface area (Å²) in [5.41, 5.74) is 0.183. The minimum Gasteiger partial charge on any atom is -0.466 e. The second kappa shape index (κ2) is 5.66. The maximum absolute atomic E-state index is 13.7. The van der Waals surface area contributed by atoms with Crippen LogP contribution in [0.3, 0.4) is 0 Å². The lowest BCUT2D eigenvalue weighted by molar-refractivity contribution is -0.168. The van der Waals surface area contributed by atoms with Crippen LogP contribution in [0.25, 0.3) is 0 Å². The predicted octanol–water partition coefficient (Wildman–Crippen LogP) is 2.56. The number of halogens is 2. The standard InChI is InChI=1S/C16H16F2O4/c1-21-16(20)14(8-2-3-8)22-15(19)12-7-10(12)11-6-9(17)4-5-13(11)18/h4-6,8,10,12,14H,2-3,7H2,1H3/t10-,12-,14-/m1/s1. The monoisotopic (exact) mass is 310 g/mol. The van der Waals surface area contributed by atoms with Crippen molar-refractivity contribution >= 4 is 11.9 Å². The summed E-state index contributed by atoms with van der Waals surface area (Å²) < 4.78 is 36.8. The van der Waals surface area contributed by atoms with E-state index in [1.165, 1.54) is 7.11 Å². The topological polar surface area (TPSA) is 52.6 Å². The number of carbonyl (C=O) groups is 2. The molecule has 2 saturated carbocycles. The van der Waals surface area contributed by atoms with Crippen LogP contribution in [0.4, 0.5) is 8.78 Å². The first-order chi connectivity index (χ1) is 10.5. The number of carbonyl (C=O) groups excluding carboxylic acids is 2. The third kappa shape index (κ3) is 2.96. The lowest BCUT2D eigenvalue weighted by atomic mass is 10.1. The van der Waals surface area contributed by atoms with E-state index < -0.39 is 35.6 Å². The van der Waals surface area contributed by atoms with Crippen molar-refractivity contribution in [1.82, 2.24) is 0 Å². The normalized spacial score (nSPS) is 24.5. The van der Waals surface area contributed by atoms with Crippen LogP contribution in [0.1, 0.15) is 30.7 Å². The van der Waals surface area contributed by atoms with E-state index in [1.807, 2.05) is 0 Å². The quantitative estimate of drug-likeness (QED) is 0.784. The first-order valence-electron chi connectivity index (χ1n) is 7.24. The molecule has 0 radical (unpaired) electrons. The zero-order valence-electron chi connectivity index (χ0n) is 12.1. The molecule has 1 aromatic carbocycles. The Labute approximate surface area is 126 Å². The summed E-state index contributed by atoms with van der Waals surface area (Å²) in [5.74, 6) is -3.09. The summed E-state index contributed by atoms with van der Waals surface area (Å²) >= 11 is 0. The van der Waals surface area contributed by atoms with Crippen LogP contribution in [0.5, 0.6) is 0 Å². The number of hydrogen-bond acceptors (Lipinski definition) is 4. The van der Waals surface area contributed by atoms with Gasteiger partial charge in [0.2, 0.25) is 6.10 Å². The van der Waals surface area contributed by atoms with Gasteiger partial charge in [-0.15, -0.1) is 0 Å². The van der Waals surface area contributed by atoms with Crippen LogP contribution in [0.2, 0.25) is 0 Å². The molecule has 0 heterocycles. The van der Waals surface area contributed by atoms with Gasteiger partial charge in [0.05, 0.1) is 13.0 Å². The minimum absolute atomic E-state index is 0.0134. The van der Waals surface area contributed by atoms with Gasteiger partial charge in [0.1, 0.15) is 11.6 Å². The molecule has 118 valence electrons. The van der Waals surface area contributed by atoms with Crippen molar-refractivity contribution in [2.24, 2.45) is 11.8 Å². The fraction of sp³-hybridized carbons (Fsp3) is 0.500. The Balaban J connectivity index is 1.65. The van der Waals surface area contributed by atoms with E-state index in [0.717, 1.165) is 31.0 Å². The van der Waals surface area contributed by atoms with Gasteiger partial charge in [-0.1, -0.05) is 0 Å². The molecule has 0 N–H and O–H groups in total. The van der Waals surface area contributed by atoms with Crippen LogP contribution in [0.15, 0.2) is 18.2 Å². The molecule has 0 saturated heterocycles. The first kappa shape index (κ1) is 14.9. The summed E-state index contributed by atoms with van der Waals surface area (Å²) in [4.78, 5) is 23.7. The molecular formula is C16H16F2O4. The molecule has 3 rings (SSSR count). The van der Waals surface area contributed by atoms with Crippen molar-refractivity contribution in [1.29, 1.82) is 0 Å². The van der Waals surface area contributed by atoms with E-state index >= 15 is 0 Å². The van der Waals surface area contributed by atoms with Gasteiger partial charge in [-0.05, 0) is 43.0 Å². The van der Waals surface area contributed by atoms with Crippen molar-refractivity contribution in [3.05, 3.63) is 35.4 Å². The summed E-state index contributed by atoms with van der Waals surface area (Å²) in [6.45, 7) is 0. The van der Waals surface area contributed by atoms with Crippen molar-refractivity contribution in [2.75, 3.05) is 7.11 Å². The molecule has 0 bridgehead atoms. The van der Waals surface area contributed by atoms with Crippen molar-refractivity contribution in [3.63, 3.8) is 0 Å². The molecule has 6 heteroatoms. The summed E-state index contributed by atoms with van der Waals surface area (Å²) in [5, 5.41) is 0. The van der Waals surface area contributed by atoms with Gasteiger partial charge in [-0.25, -0.2) is 13.6 Å². The maximum Gasteiger partial charge on any atom is 0.347 e. The van der Waals surface area contributed by atoms with Gasteiger partial charge in [0.25, 0.3) is 0 Å². The average molecular weight is 310 g/mol. The average Bonchev–Trinajstić information content (AvgIpc) is 3.38. The van der Waals surface area contributed by atoms with Gasteiger partial charge in [0.15, 0.2) is 0 Å². The highest BCUT2D eigenvalue weighted by atomic mass is 19.1. The Kier molecular flexibility index (Phi) is 3.85. The Hall–Kier alpha value is -1.98. The van der Waals surface area contributed by atoms with E-state index in [4.69, 9.17) is 4.74 Å². The summed E-state index contributed by atoms with van der Waals surface area (Å²) in [6.07, 6.45) is 1.16. The van der Waals surface area contributed by atoms with Gasteiger partial charge in [-0.2, -0.15) is 0 Å². The highest BCUT2D eigenvalue weighted by molar-refractivity contribution is 5.83. The van der Waals surface area contributed by atoms with Gasteiger partial charge in [-0.3, -0.25) is 4.79 Å². The molecule has 2 aliphatic carbocycles. The van der Waals surface area contributed by atoms with E-state index in [9.17, 15) is 18.4 Å². The molecule has 2 fully saturated rings. The van der Waals surface area contributed by atoms with Crippen molar-refractivity contribution in [3.8, 4) is 0 Å². The van der Waals surface area contributed by atoms with Crippen LogP contribution >= 0.6 is 0 Å². The second-order valence-electron chi connectivity index (χ2n) is 5.83. The highest BCUT2D eigenvalue weighted by Crippen LogP contribution is 2.49. The van der Waals surface area contributed by atoms with Crippen LogP contribution in [-0.2, 0) is 19.1 Å². The third-order valence-corrected chi connectivity index (χ3v) is 4.18. The maximum atomic E-state index is 13.7. The largest absolute Gasteiger partial charge is 0.466 e. The van der Waals surface area contributed by atoms with Crippen molar-refractivity contribution in [2.45, 2.75) is 31.3 Å². The SMILES string of the molecule is COC(=O)[C@H](OC(=O)[C@@H]1C[C@@H]1c1cc(F)ccc1F)C1CC1. The van der Waals surface area contributed by atoms with E-state index in [0.29, 0.717) is 6.42 Å². The third-order valence-electron chi connectivity index (χ3n) is 4.18. The molecule has 0 aromatic heterocycles. The molecule has 2 aliphatic rings. The Morgan fingerprint density at radius 3 is 2.64 bits per heavy atom. The summed E-state index contributed by atoms with van der Waals surface area (Å²) in [7, 11) is 1.24. The zero-order chi connectivity index (χ0) is 15.9. The first-order valence-corrected chi connectivity index (χ1v) is 7.24. The van der Waals surface area contributed by atoms with E-state index in [2.05, 4.69) is 4.74 Å². The molecular weight excluding hydrogens is 294 g/mol. The predicted molar refractivity (Wildman–Crippen MR) is 71.8 cm³/mol. The number of rotatable bonds is 5. The molecule has 1 aromatic rings. The number of benzene rings is 1. The van der Waals surface area contributed by atoms with Gasteiger partial charge in [0, 0.05) is 11.8 Å². The van der Waals surface area contributed by atoms with Crippen LogP contribution in [-0.4, -0.2) is 25.2 Å². The van der Waals surface area contributed by atoms with Gasteiger partial charge >= 0.3 is 11.9 Å². The Morgan fingerprint density at radius 1 is 1.27 bits per heavy atom. The molecule has 4 nitrogen and oxygen atoms in total. The van der Waals surface area contributed by atoms with Gasteiger partial charge < -0.3 is 9.47 Å². The van der Waals surface area contributed by atoms with Crippen LogP contribution < -0.4 is 0 Å². The fourth-order valence-corrected chi connectivity index (χ4v) is 2.66. The lowest BCUT2D eigenvalue weighted by Crippen LogP contribution is -2.31. The molecule has 22 heavy (non-hydrogen) atoms. The molecule has 3 atom stereocenters. The second-order valence-corrected chi connectivity index (χ2v) is 5.83. The zero-order valence-corrected chi connectivity index (χ0v) is 12.1. The highest BCUT2D eigenvalue weighted by Gasteiger charge is 2.49. The molecule has 0 amide bonds. The molecule has 0 unspecified atom stereocenters. The fourth-order valence-electron chi connectivity index (χ4n) is 2.66. The summed E-state index contributed by atoms with van der Waals surface area (Å²) in [6, 6.07) is 3.19. The van der Waals surface area contributed by atoms with E-state index in [1.54, 1.807) is 0 Å². The Bertz CT molecular complexity index is 612. The number of hydrogen-bond donors (Lipinski definition) is 0. The van der Waals surface area contributed by atoms with Crippen LogP contribution in [0, 0.1) is 23.5 Å². The smallest absolute Gasteiger partial charge is 0.347 e. The molecule has 0 spiro atoms. The molecule has 0 aliphatic heterocycles. The van der Waals surface area contributed by atoms with Crippen molar-refractivity contribution < 1.29 is 27.8 Å². The minimum atomic E-state index is -0.879. The number of methoxy groups -OCH3 is 1.